The highest BCUT2D eigenvalue weighted by molar-refractivity contribution is 5.92. The Morgan fingerprint density at radius 1 is 1.41 bits per heavy atom. The van der Waals surface area contributed by atoms with Gasteiger partial charge in [-0.15, -0.1) is 0 Å². The number of hydrogen-bond acceptors (Lipinski definition) is 5. The van der Waals surface area contributed by atoms with Crippen molar-refractivity contribution < 1.29 is 19.3 Å². The minimum absolute atomic E-state index is 0.0433. The zero-order valence-electron chi connectivity index (χ0n) is 10.6. The van der Waals surface area contributed by atoms with Crippen LogP contribution in [0.25, 0.3) is 0 Å². The van der Waals surface area contributed by atoms with Gasteiger partial charge in [-0.1, -0.05) is 26.3 Å². The molecule has 0 aliphatic rings. The molecule has 0 aromatic rings. The SMILES string of the molecule is CCCC=C(C#N)C(=O)OOC(CC)OCC. The van der Waals surface area contributed by atoms with E-state index in [-0.39, 0.29) is 5.57 Å². The maximum atomic E-state index is 11.4. The van der Waals surface area contributed by atoms with Crippen molar-refractivity contribution in [2.24, 2.45) is 0 Å². The highest BCUT2D eigenvalue weighted by atomic mass is 17.2. The third-order valence-corrected chi connectivity index (χ3v) is 1.89. The van der Waals surface area contributed by atoms with Crippen LogP contribution in [-0.2, 0) is 19.3 Å². The van der Waals surface area contributed by atoms with Crippen molar-refractivity contribution in [2.75, 3.05) is 6.61 Å². The molecule has 17 heavy (non-hydrogen) atoms. The molecule has 0 spiro atoms. The standard InChI is InChI=1S/C12H19NO4/c1-4-7-8-10(9-13)12(14)17-16-11(5-2)15-6-3/h8,11H,4-7H2,1-3H3. The van der Waals surface area contributed by atoms with Crippen LogP contribution in [0, 0.1) is 11.3 Å². The topological polar surface area (TPSA) is 68.6 Å². The second kappa shape index (κ2) is 9.82. The Labute approximate surface area is 102 Å². The van der Waals surface area contributed by atoms with Gasteiger partial charge in [-0.05, 0) is 19.8 Å². The molecule has 0 rings (SSSR count). The van der Waals surface area contributed by atoms with Crippen molar-refractivity contribution in [3.63, 3.8) is 0 Å². The van der Waals surface area contributed by atoms with E-state index in [1.54, 1.807) is 6.07 Å². The predicted octanol–water partition coefficient (Wildman–Crippen LogP) is 2.48. The summed E-state index contributed by atoms with van der Waals surface area (Å²) in [4.78, 5) is 20.7. The number of carbonyl (C=O) groups is 1. The Balaban J connectivity index is 4.19. The van der Waals surface area contributed by atoms with Crippen molar-refractivity contribution in [1.82, 2.24) is 0 Å². The van der Waals surface area contributed by atoms with Gasteiger partial charge in [0.25, 0.3) is 0 Å². The summed E-state index contributed by atoms with van der Waals surface area (Å²) in [7, 11) is 0. The van der Waals surface area contributed by atoms with Crippen LogP contribution in [-0.4, -0.2) is 18.9 Å². The van der Waals surface area contributed by atoms with Gasteiger partial charge in [-0.25, -0.2) is 4.79 Å². The van der Waals surface area contributed by atoms with E-state index in [9.17, 15) is 4.79 Å². The fourth-order valence-corrected chi connectivity index (χ4v) is 1.01. The van der Waals surface area contributed by atoms with E-state index in [0.29, 0.717) is 19.4 Å². The first-order valence-corrected chi connectivity index (χ1v) is 5.79. The van der Waals surface area contributed by atoms with Crippen molar-refractivity contribution in [3.8, 4) is 6.07 Å². The zero-order chi connectivity index (χ0) is 13.1. The van der Waals surface area contributed by atoms with Gasteiger partial charge >= 0.3 is 5.97 Å². The number of nitriles is 1. The average molecular weight is 241 g/mol. The first-order chi connectivity index (χ1) is 8.19. The van der Waals surface area contributed by atoms with Crippen molar-refractivity contribution >= 4 is 5.97 Å². The van der Waals surface area contributed by atoms with Crippen LogP contribution in [0.3, 0.4) is 0 Å². The van der Waals surface area contributed by atoms with E-state index in [4.69, 9.17) is 14.9 Å². The molecule has 5 nitrogen and oxygen atoms in total. The molecule has 0 aliphatic heterocycles. The van der Waals surface area contributed by atoms with E-state index < -0.39 is 12.3 Å². The highest BCUT2D eigenvalue weighted by Crippen LogP contribution is 2.05. The number of carbonyl (C=O) groups excluding carboxylic acids is 1. The molecule has 0 aliphatic carbocycles. The monoisotopic (exact) mass is 241 g/mol. The Morgan fingerprint density at radius 3 is 2.59 bits per heavy atom. The Kier molecular flexibility index (Phi) is 9.02. The summed E-state index contributed by atoms with van der Waals surface area (Å²) in [6.45, 7) is 6.07. The van der Waals surface area contributed by atoms with Gasteiger partial charge in [0.1, 0.15) is 11.6 Å². The molecule has 5 heteroatoms. The van der Waals surface area contributed by atoms with Gasteiger partial charge in [-0.2, -0.15) is 10.1 Å². The van der Waals surface area contributed by atoms with Crippen LogP contribution in [0.1, 0.15) is 40.0 Å². The van der Waals surface area contributed by atoms with Gasteiger partial charge in [0, 0.05) is 6.61 Å². The van der Waals surface area contributed by atoms with E-state index in [2.05, 4.69) is 4.89 Å². The largest absolute Gasteiger partial charge is 0.383 e. The summed E-state index contributed by atoms with van der Waals surface area (Å²) in [5.41, 5.74) is -0.0433. The molecule has 0 saturated heterocycles. The number of hydrogen-bond donors (Lipinski definition) is 0. The van der Waals surface area contributed by atoms with Gasteiger partial charge in [0.2, 0.25) is 6.29 Å². The van der Waals surface area contributed by atoms with Crippen LogP contribution in [0.4, 0.5) is 0 Å². The van der Waals surface area contributed by atoms with E-state index in [0.717, 1.165) is 6.42 Å². The zero-order valence-corrected chi connectivity index (χ0v) is 10.6. The lowest BCUT2D eigenvalue weighted by Gasteiger charge is -2.13. The summed E-state index contributed by atoms with van der Waals surface area (Å²) in [5, 5.41) is 8.74. The van der Waals surface area contributed by atoms with Crippen LogP contribution in [0.15, 0.2) is 11.6 Å². The van der Waals surface area contributed by atoms with Gasteiger partial charge in [0.15, 0.2) is 0 Å². The molecule has 1 unspecified atom stereocenters. The number of rotatable bonds is 8. The summed E-state index contributed by atoms with van der Waals surface area (Å²) >= 11 is 0. The predicted molar refractivity (Wildman–Crippen MR) is 61.5 cm³/mol. The molecule has 0 aromatic carbocycles. The van der Waals surface area contributed by atoms with Crippen molar-refractivity contribution in [1.29, 1.82) is 5.26 Å². The van der Waals surface area contributed by atoms with Crippen molar-refractivity contribution in [2.45, 2.75) is 46.3 Å². The molecule has 0 aromatic heterocycles. The Bertz CT molecular complexity index is 293. The van der Waals surface area contributed by atoms with E-state index in [1.807, 2.05) is 20.8 Å². The number of unbranched alkanes of at least 4 members (excludes halogenated alkanes) is 1. The molecule has 96 valence electrons. The molecule has 0 amide bonds. The van der Waals surface area contributed by atoms with Crippen LogP contribution < -0.4 is 0 Å². The minimum Gasteiger partial charge on any atom is -0.349 e. The average Bonchev–Trinajstić information content (AvgIpc) is 2.35. The number of allylic oxidation sites excluding steroid dienone is 1. The molecule has 1 atom stereocenters. The molecular weight excluding hydrogens is 222 g/mol. The van der Waals surface area contributed by atoms with Crippen LogP contribution >= 0.6 is 0 Å². The van der Waals surface area contributed by atoms with Gasteiger partial charge < -0.3 is 4.74 Å². The van der Waals surface area contributed by atoms with Gasteiger partial charge in [-0.3, -0.25) is 4.89 Å². The Hall–Kier alpha value is -1.38. The van der Waals surface area contributed by atoms with Gasteiger partial charge in [0.05, 0.1) is 0 Å². The summed E-state index contributed by atoms with van der Waals surface area (Å²) in [5.74, 6) is -0.779. The quantitative estimate of drug-likeness (QED) is 0.215. The van der Waals surface area contributed by atoms with E-state index in [1.165, 1.54) is 6.08 Å². The Morgan fingerprint density at radius 2 is 2.12 bits per heavy atom. The highest BCUT2D eigenvalue weighted by Gasteiger charge is 2.15. The molecular formula is C12H19NO4. The first-order valence-electron chi connectivity index (χ1n) is 5.79. The summed E-state index contributed by atoms with van der Waals surface area (Å²) in [6.07, 6.45) is 3.01. The first kappa shape index (κ1) is 15.6. The smallest absolute Gasteiger partial charge is 0.349 e. The van der Waals surface area contributed by atoms with Crippen LogP contribution in [0.2, 0.25) is 0 Å². The molecule has 0 saturated carbocycles. The number of ether oxygens (including phenoxy) is 1. The second-order valence-electron chi connectivity index (χ2n) is 3.28. The molecule has 0 radical (unpaired) electrons. The third kappa shape index (κ3) is 6.72. The van der Waals surface area contributed by atoms with E-state index >= 15 is 0 Å². The lowest BCUT2D eigenvalue weighted by Crippen LogP contribution is -2.19. The van der Waals surface area contributed by atoms with Crippen LogP contribution in [0.5, 0.6) is 0 Å². The lowest BCUT2D eigenvalue weighted by molar-refractivity contribution is -0.349. The molecule has 0 bridgehead atoms. The second-order valence-corrected chi connectivity index (χ2v) is 3.28. The maximum Gasteiger partial charge on any atom is 0.383 e. The maximum absolute atomic E-state index is 11.4. The molecule has 0 N–H and O–H groups in total. The third-order valence-electron chi connectivity index (χ3n) is 1.89. The van der Waals surface area contributed by atoms with Crippen molar-refractivity contribution in [3.05, 3.63) is 11.6 Å². The number of nitrogens with zero attached hydrogens (tertiary/aromatic N) is 1. The lowest BCUT2D eigenvalue weighted by atomic mass is 10.2. The normalized spacial score (nSPS) is 12.9. The minimum atomic E-state index is -0.779. The fraction of sp³-hybridized carbons (Fsp3) is 0.667. The molecule has 0 heterocycles. The summed E-state index contributed by atoms with van der Waals surface area (Å²) in [6, 6.07) is 1.78. The fourth-order valence-electron chi connectivity index (χ4n) is 1.01. The molecule has 0 fully saturated rings. The summed E-state index contributed by atoms with van der Waals surface area (Å²) < 4.78 is 5.13.